The molecule has 1 atom stereocenters. The predicted octanol–water partition coefficient (Wildman–Crippen LogP) is 2.95. The number of alkyl halides is 3. The zero-order valence-electron chi connectivity index (χ0n) is 11.5. The van der Waals surface area contributed by atoms with Crippen molar-refractivity contribution in [3.63, 3.8) is 0 Å². The molecular formula is C11H19F3N4S. The van der Waals surface area contributed by atoms with Crippen molar-refractivity contribution in [3.05, 3.63) is 5.01 Å². The number of nitrogens with zero attached hydrogens (tertiary/aromatic N) is 3. The number of likely N-dealkylation sites (N-methyl/N-ethyl adjacent to an activating group) is 1. The summed E-state index contributed by atoms with van der Waals surface area (Å²) in [4.78, 5) is 1.99. The second-order valence-corrected chi connectivity index (χ2v) is 6.12. The summed E-state index contributed by atoms with van der Waals surface area (Å²) < 4.78 is 37.3. The Hall–Kier alpha value is -0.890. The van der Waals surface area contributed by atoms with Crippen molar-refractivity contribution >= 4 is 16.5 Å². The first-order valence-corrected chi connectivity index (χ1v) is 6.82. The third kappa shape index (κ3) is 5.73. The monoisotopic (exact) mass is 296 g/mol. The first-order chi connectivity index (χ1) is 8.68. The van der Waals surface area contributed by atoms with Gasteiger partial charge in [0.15, 0.2) is 0 Å². The summed E-state index contributed by atoms with van der Waals surface area (Å²) >= 11 is 0.545. The number of aromatic nitrogens is 2. The highest BCUT2D eigenvalue weighted by Crippen LogP contribution is 2.33. The van der Waals surface area contributed by atoms with Gasteiger partial charge in [0, 0.05) is 12.6 Å². The Balaban J connectivity index is 2.70. The maximum Gasteiger partial charge on any atom is 0.445 e. The molecule has 0 aliphatic rings. The SMILES string of the molecule is CC(C)CC(CN(C)C)Nc1nnc(C(F)(F)F)s1. The van der Waals surface area contributed by atoms with Crippen molar-refractivity contribution in [1.29, 1.82) is 0 Å². The van der Waals surface area contributed by atoms with Crippen LogP contribution in [0.25, 0.3) is 0 Å². The average Bonchev–Trinajstić information content (AvgIpc) is 2.62. The van der Waals surface area contributed by atoms with Gasteiger partial charge in [0.2, 0.25) is 10.1 Å². The molecule has 1 heterocycles. The lowest BCUT2D eigenvalue weighted by molar-refractivity contribution is -0.138. The Labute approximate surface area is 115 Å². The lowest BCUT2D eigenvalue weighted by atomic mass is 10.0. The van der Waals surface area contributed by atoms with Crippen LogP contribution in [0.1, 0.15) is 25.3 Å². The molecule has 1 aromatic rings. The van der Waals surface area contributed by atoms with Gasteiger partial charge in [-0.15, -0.1) is 10.2 Å². The van der Waals surface area contributed by atoms with E-state index in [9.17, 15) is 13.2 Å². The van der Waals surface area contributed by atoms with Crippen molar-refractivity contribution in [2.75, 3.05) is 26.0 Å². The molecule has 19 heavy (non-hydrogen) atoms. The van der Waals surface area contributed by atoms with Crippen LogP contribution < -0.4 is 5.32 Å². The molecule has 8 heteroatoms. The number of halogens is 3. The lowest BCUT2D eigenvalue weighted by Gasteiger charge is -2.23. The molecule has 1 aromatic heterocycles. The van der Waals surface area contributed by atoms with E-state index in [1.165, 1.54) is 0 Å². The van der Waals surface area contributed by atoms with Crippen molar-refractivity contribution < 1.29 is 13.2 Å². The van der Waals surface area contributed by atoms with Crippen LogP contribution in [-0.2, 0) is 6.18 Å². The summed E-state index contributed by atoms with van der Waals surface area (Å²) in [5, 5.41) is 9.07. The van der Waals surface area contributed by atoms with E-state index in [-0.39, 0.29) is 11.2 Å². The van der Waals surface area contributed by atoms with Crippen LogP contribution in [0, 0.1) is 5.92 Å². The largest absolute Gasteiger partial charge is 0.445 e. The highest BCUT2D eigenvalue weighted by Gasteiger charge is 2.35. The minimum absolute atomic E-state index is 0.0593. The van der Waals surface area contributed by atoms with Crippen molar-refractivity contribution in [3.8, 4) is 0 Å². The molecule has 0 fully saturated rings. The van der Waals surface area contributed by atoms with E-state index < -0.39 is 11.2 Å². The molecule has 0 aromatic carbocycles. The molecular weight excluding hydrogens is 277 g/mol. The predicted molar refractivity (Wildman–Crippen MR) is 70.3 cm³/mol. The van der Waals surface area contributed by atoms with E-state index in [4.69, 9.17) is 0 Å². The van der Waals surface area contributed by atoms with E-state index in [0.29, 0.717) is 17.3 Å². The van der Waals surface area contributed by atoms with Crippen LogP contribution in [0.5, 0.6) is 0 Å². The summed E-state index contributed by atoms with van der Waals surface area (Å²) in [6.45, 7) is 4.89. The van der Waals surface area contributed by atoms with Gasteiger partial charge < -0.3 is 10.2 Å². The minimum Gasteiger partial charge on any atom is -0.356 e. The smallest absolute Gasteiger partial charge is 0.356 e. The maximum atomic E-state index is 12.4. The fourth-order valence-electron chi connectivity index (χ4n) is 1.76. The minimum atomic E-state index is -4.42. The number of hydrogen-bond acceptors (Lipinski definition) is 5. The Morgan fingerprint density at radius 1 is 1.26 bits per heavy atom. The summed E-state index contributed by atoms with van der Waals surface area (Å²) in [5.74, 6) is 0.451. The highest BCUT2D eigenvalue weighted by atomic mass is 32.1. The molecule has 0 amide bonds. The van der Waals surface area contributed by atoms with Crippen LogP contribution in [0.4, 0.5) is 18.3 Å². The molecule has 0 aliphatic heterocycles. The summed E-state index contributed by atoms with van der Waals surface area (Å²) in [6.07, 6.45) is -3.56. The van der Waals surface area contributed by atoms with Crippen molar-refractivity contribution in [2.45, 2.75) is 32.5 Å². The molecule has 110 valence electrons. The van der Waals surface area contributed by atoms with Crippen LogP contribution in [0.15, 0.2) is 0 Å². The van der Waals surface area contributed by atoms with E-state index in [0.717, 1.165) is 13.0 Å². The second kappa shape index (κ2) is 6.51. The topological polar surface area (TPSA) is 41.0 Å². The maximum absolute atomic E-state index is 12.4. The third-order valence-corrected chi connectivity index (χ3v) is 3.24. The van der Waals surface area contributed by atoms with Gasteiger partial charge >= 0.3 is 6.18 Å². The molecule has 1 N–H and O–H groups in total. The van der Waals surface area contributed by atoms with Crippen LogP contribution in [0.2, 0.25) is 0 Å². The average molecular weight is 296 g/mol. The lowest BCUT2D eigenvalue weighted by Crippen LogP contribution is -2.33. The summed E-state index contributed by atoms with van der Waals surface area (Å²) in [5.41, 5.74) is 0. The Morgan fingerprint density at radius 3 is 2.32 bits per heavy atom. The standard InChI is InChI=1S/C11H19F3N4S/c1-7(2)5-8(6-18(3)4)15-10-17-16-9(19-10)11(12,13)14/h7-8H,5-6H2,1-4H3,(H,15,17). The molecule has 0 radical (unpaired) electrons. The van der Waals surface area contributed by atoms with Crippen molar-refractivity contribution in [1.82, 2.24) is 15.1 Å². The van der Waals surface area contributed by atoms with Gasteiger partial charge in [-0.2, -0.15) is 13.2 Å². The zero-order valence-corrected chi connectivity index (χ0v) is 12.3. The van der Waals surface area contributed by atoms with Gasteiger partial charge in [0.25, 0.3) is 0 Å². The zero-order chi connectivity index (χ0) is 14.6. The Kier molecular flexibility index (Phi) is 5.54. The van der Waals surface area contributed by atoms with E-state index >= 15 is 0 Å². The van der Waals surface area contributed by atoms with Crippen LogP contribution in [0.3, 0.4) is 0 Å². The van der Waals surface area contributed by atoms with Gasteiger partial charge in [-0.05, 0) is 26.4 Å². The molecule has 1 rings (SSSR count). The molecule has 1 unspecified atom stereocenters. The quantitative estimate of drug-likeness (QED) is 0.876. The molecule has 0 saturated carbocycles. The number of hydrogen-bond donors (Lipinski definition) is 1. The number of anilines is 1. The van der Waals surface area contributed by atoms with E-state index in [1.54, 1.807) is 0 Å². The fraction of sp³-hybridized carbons (Fsp3) is 0.818. The third-order valence-electron chi connectivity index (χ3n) is 2.34. The normalized spacial score (nSPS) is 14.2. The molecule has 0 saturated heterocycles. The number of rotatable bonds is 6. The van der Waals surface area contributed by atoms with E-state index in [1.807, 2.05) is 19.0 Å². The first-order valence-electron chi connectivity index (χ1n) is 6.00. The Morgan fingerprint density at radius 2 is 1.89 bits per heavy atom. The van der Waals surface area contributed by atoms with Gasteiger partial charge in [0.05, 0.1) is 0 Å². The van der Waals surface area contributed by atoms with E-state index in [2.05, 4.69) is 29.4 Å². The fourth-order valence-corrected chi connectivity index (χ4v) is 2.45. The molecule has 0 bridgehead atoms. The highest BCUT2D eigenvalue weighted by molar-refractivity contribution is 7.15. The molecule has 0 spiro atoms. The van der Waals surface area contributed by atoms with Crippen LogP contribution in [-0.4, -0.2) is 41.8 Å². The molecule has 4 nitrogen and oxygen atoms in total. The second-order valence-electron chi connectivity index (χ2n) is 5.14. The van der Waals surface area contributed by atoms with Crippen molar-refractivity contribution in [2.24, 2.45) is 5.92 Å². The van der Waals surface area contributed by atoms with Gasteiger partial charge in [-0.25, -0.2) is 0 Å². The van der Waals surface area contributed by atoms with Gasteiger partial charge in [0.1, 0.15) is 0 Å². The summed E-state index contributed by atoms with van der Waals surface area (Å²) in [7, 11) is 3.85. The molecule has 0 aliphatic carbocycles. The summed E-state index contributed by atoms with van der Waals surface area (Å²) in [6, 6.07) is 0.0593. The van der Waals surface area contributed by atoms with Gasteiger partial charge in [-0.1, -0.05) is 25.2 Å². The Bertz CT molecular complexity index is 380. The van der Waals surface area contributed by atoms with Gasteiger partial charge in [-0.3, -0.25) is 0 Å². The number of nitrogens with one attached hydrogen (secondary N) is 1. The first kappa shape index (κ1) is 16.2. The van der Waals surface area contributed by atoms with Crippen LogP contribution >= 0.6 is 11.3 Å².